The first-order chi connectivity index (χ1) is 13.6. The fourth-order valence-corrected chi connectivity index (χ4v) is 4.43. The van der Waals surface area contributed by atoms with E-state index < -0.39 is 0 Å². The Bertz CT molecular complexity index is 1210. The zero-order chi connectivity index (χ0) is 19.7. The van der Waals surface area contributed by atoms with Crippen LogP contribution in [0.5, 0.6) is 0 Å². The smallest absolute Gasteiger partial charge is 0.313 e. The Labute approximate surface area is 166 Å². The molecule has 0 amide bonds. The Morgan fingerprint density at radius 3 is 2.71 bits per heavy atom. The molecule has 4 rings (SSSR count). The van der Waals surface area contributed by atoms with Crippen LogP contribution in [0.1, 0.15) is 36.6 Å². The average Bonchev–Trinajstić information content (AvgIpc) is 3.05. The summed E-state index contributed by atoms with van der Waals surface area (Å²) in [5.41, 5.74) is 3.67. The van der Waals surface area contributed by atoms with Crippen LogP contribution in [0, 0.1) is 0 Å². The number of esters is 1. The lowest BCUT2D eigenvalue weighted by molar-refractivity contribution is -0.144. The first kappa shape index (κ1) is 18.4. The van der Waals surface area contributed by atoms with Gasteiger partial charge in [-0.3, -0.25) is 14.0 Å². The van der Waals surface area contributed by atoms with Crippen molar-refractivity contribution in [3.63, 3.8) is 0 Å². The molecule has 0 aliphatic rings. The quantitative estimate of drug-likeness (QED) is 0.478. The Morgan fingerprint density at radius 2 is 1.96 bits per heavy atom. The standard InChI is InChI=1S/C22H20N2O3S/c1-3-27-21(26)14(2)16-9-10-18-19(12-16)28-22-23-20(25)13-17(24(18)22)11-15-7-5-4-6-8-15/h4-10,12-14H,3,11H2,1-2H3. The monoisotopic (exact) mass is 392 g/mol. The first-order valence-electron chi connectivity index (χ1n) is 9.22. The molecule has 28 heavy (non-hydrogen) atoms. The van der Waals surface area contributed by atoms with Crippen molar-refractivity contribution in [2.45, 2.75) is 26.2 Å². The number of carbonyl (C=O) groups excluding carboxylic acids is 1. The minimum Gasteiger partial charge on any atom is -0.466 e. The second-order valence-electron chi connectivity index (χ2n) is 6.67. The molecule has 4 aromatic rings. The molecule has 2 aromatic heterocycles. The first-order valence-corrected chi connectivity index (χ1v) is 10.0. The molecule has 0 saturated carbocycles. The number of thiazole rings is 1. The molecular weight excluding hydrogens is 372 g/mol. The highest BCUT2D eigenvalue weighted by molar-refractivity contribution is 7.23. The number of nitrogens with zero attached hydrogens (tertiary/aromatic N) is 2. The van der Waals surface area contributed by atoms with Crippen molar-refractivity contribution in [2.24, 2.45) is 0 Å². The number of carbonyl (C=O) groups is 1. The molecule has 2 heterocycles. The van der Waals surface area contributed by atoms with Crippen LogP contribution >= 0.6 is 11.3 Å². The fourth-order valence-electron chi connectivity index (χ4n) is 3.34. The average molecular weight is 392 g/mol. The van der Waals surface area contributed by atoms with E-state index in [1.165, 1.54) is 11.3 Å². The van der Waals surface area contributed by atoms with Crippen molar-refractivity contribution in [3.05, 3.63) is 81.8 Å². The minimum atomic E-state index is -0.341. The number of benzene rings is 2. The van der Waals surface area contributed by atoms with Crippen LogP contribution in [0.25, 0.3) is 15.2 Å². The van der Waals surface area contributed by atoms with Crippen molar-refractivity contribution in [1.82, 2.24) is 9.38 Å². The Hall–Kier alpha value is -2.99. The molecule has 0 spiro atoms. The SMILES string of the molecule is CCOC(=O)C(C)c1ccc2c(c1)sc1nc(=O)cc(Cc3ccccc3)n12. The van der Waals surface area contributed by atoms with Gasteiger partial charge in [-0.05, 0) is 37.1 Å². The predicted octanol–water partition coefficient (Wildman–Crippen LogP) is 4.17. The maximum absolute atomic E-state index is 12.1. The van der Waals surface area contributed by atoms with Crippen LogP contribution in [0.2, 0.25) is 0 Å². The lowest BCUT2D eigenvalue weighted by Gasteiger charge is -2.11. The molecule has 0 bridgehead atoms. The van der Waals surface area contributed by atoms with E-state index in [4.69, 9.17) is 4.74 Å². The van der Waals surface area contributed by atoms with Gasteiger partial charge < -0.3 is 4.74 Å². The van der Waals surface area contributed by atoms with Crippen molar-refractivity contribution in [3.8, 4) is 0 Å². The molecule has 142 valence electrons. The molecule has 2 aromatic carbocycles. The van der Waals surface area contributed by atoms with Gasteiger partial charge in [0.25, 0.3) is 5.56 Å². The van der Waals surface area contributed by atoms with Gasteiger partial charge >= 0.3 is 5.97 Å². The van der Waals surface area contributed by atoms with E-state index in [-0.39, 0.29) is 17.4 Å². The summed E-state index contributed by atoms with van der Waals surface area (Å²) >= 11 is 1.46. The van der Waals surface area contributed by atoms with E-state index >= 15 is 0 Å². The topological polar surface area (TPSA) is 60.7 Å². The maximum Gasteiger partial charge on any atom is 0.313 e. The molecule has 6 heteroatoms. The van der Waals surface area contributed by atoms with Gasteiger partial charge in [0.2, 0.25) is 0 Å². The minimum absolute atomic E-state index is 0.236. The Kier molecular flexibility index (Phi) is 4.96. The third-order valence-corrected chi connectivity index (χ3v) is 5.77. The molecule has 0 fully saturated rings. The van der Waals surface area contributed by atoms with Gasteiger partial charge in [-0.2, -0.15) is 4.98 Å². The summed E-state index contributed by atoms with van der Waals surface area (Å²) in [4.78, 5) is 29.1. The predicted molar refractivity (Wildman–Crippen MR) is 111 cm³/mol. The van der Waals surface area contributed by atoms with Crippen LogP contribution in [-0.4, -0.2) is 22.0 Å². The molecule has 0 aliphatic carbocycles. The van der Waals surface area contributed by atoms with Gasteiger partial charge in [0.1, 0.15) is 0 Å². The Morgan fingerprint density at radius 1 is 1.18 bits per heavy atom. The number of rotatable bonds is 5. The lowest BCUT2D eigenvalue weighted by atomic mass is 10.0. The highest BCUT2D eigenvalue weighted by Crippen LogP contribution is 2.30. The summed E-state index contributed by atoms with van der Waals surface area (Å²) in [5.74, 6) is -0.577. The zero-order valence-corrected chi connectivity index (χ0v) is 16.5. The van der Waals surface area contributed by atoms with Crippen molar-refractivity contribution >= 4 is 32.5 Å². The molecule has 5 nitrogen and oxygen atoms in total. The molecule has 0 N–H and O–H groups in total. The molecule has 1 unspecified atom stereocenters. The number of hydrogen-bond acceptors (Lipinski definition) is 5. The van der Waals surface area contributed by atoms with E-state index in [2.05, 4.69) is 4.98 Å². The van der Waals surface area contributed by atoms with E-state index in [1.54, 1.807) is 13.0 Å². The summed E-state index contributed by atoms with van der Waals surface area (Å²) in [5, 5.41) is 0. The van der Waals surface area contributed by atoms with Crippen LogP contribution in [0.4, 0.5) is 0 Å². The number of fused-ring (bicyclic) bond motifs is 3. The summed E-state index contributed by atoms with van der Waals surface area (Å²) in [6.45, 7) is 4.01. The van der Waals surface area contributed by atoms with E-state index in [9.17, 15) is 9.59 Å². The number of ether oxygens (including phenoxy) is 1. The van der Waals surface area contributed by atoms with Gasteiger partial charge in [0.05, 0.1) is 22.7 Å². The van der Waals surface area contributed by atoms with Crippen LogP contribution in [0.15, 0.2) is 59.4 Å². The van der Waals surface area contributed by atoms with Gasteiger partial charge in [0.15, 0.2) is 4.96 Å². The number of hydrogen-bond donors (Lipinski definition) is 0. The fraction of sp³-hybridized carbons (Fsp3) is 0.227. The van der Waals surface area contributed by atoms with Crippen molar-refractivity contribution in [1.29, 1.82) is 0 Å². The highest BCUT2D eigenvalue weighted by Gasteiger charge is 2.18. The van der Waals surface area contributed by atoms with Gasteiger partial charge in [0, 0.05) is 18.2 Å². The van der Waals surface area contributed by atoms with Crippen LogP contribution in [-0.2, 0) is 16.0 Å². The van der Waals surface area contributed by atoms with Crippen molar-refractivity contribution < 1.29 is 9.53 Å². The summed E-state index contributed by atoms with van der Waals surface area (Å²) in [6.07, 6.45) is 0.645. The summed E-state index contributed by atoms with van der Waals surface area (Å²) in [7, 11) is 0. The van der Waals surface area contributed by atoms with Crippen LogP contribution in [0.3, 0.4) is 0 Å². The number of aromatic nitrogens is 2. The zero-order valence-electron chi connectivity index (χ0n) is 15.7. The second kappa shape index (κ2) is 7.56. The van der Waals surface area contributed by atoms with Gasteiger partial charge in [-0.1, -0.05) is 47.7 Å². The van der Waals surface area contributed by atoms with E-state index in [1.807, 2.05) is 59.9 Å². The lowest BCUT2D eigenvalue weighted by Crippen LogP contribution is -2.13. The molecule has 1 atom stereocenters. The highest BCUT2D eigenvalue weighted by atomic mass is 32.1. The van der Waals surface area contributed by atoms with E-state index in [0.717, 1.165) is 27.0 Å². The summed E-state index contributed by atoms with van der Waals surface area (Å²) in [6, 6.07) is 17.6. The van der Waals surface area contributed by atoms with Crippen molar-refractivity contribution in [2.75, 3.05) is 6.61 Å². The summed E-state index contributed by atoms with van der Waals surface area (Å²) < 4.78 is 8.16. The largest absolute Gasteiger partial charge is 0.466 e. The normalized spacial score (nSPS) is 12.4. The molecule has 0 aliphatic heterocycles. The molecule has 0 radical (unpaired) electrons. The van der Waals surface area contributed by atoms with E-state index in [0.29, 0.717) is 18.0 Å². The molecular formula is C22H20N2O3S. The third-order valence-electron chi connectivity index (χ3n) is 4.77. The second-order valence-corrected chi connectivity index (χ2v) is 7.68. The molecule has 0 saturated heterocycles. The van der Waals surface area contributed by atoms with Gasteiger partial charge in [-0.15, -0.1) is 0 Å². The third kappa shape index (κ3) is 3.43. The Balaban J connectivity index is 1.83. The van der Waals surface area contributed by atoms with Crippen LogP contribution < -0.4 is 5.56 Å². The van der Waals surface area contributed by atoms with Gasteiger partial charge in [-0.25, -0.2) is 0 Å². The maximum atomic E-state index is 12.1.